The third-order valence-electron chi connectivity index (χ3n) is 4.50. The van der Waals surface area contributed by atoms with Crippen molar-refractivity contribution in [2.75, 3.05) is 26.2 Å². The fourth-order valence-electron chi connectivity index (χ4n) is 3.09. The number of hydrogen-bond acceptors (Lipinski definition) is 5. The van der Waals surface area contributed by atoms with E-state index in [1.807, 2.05) is 6.07 Å². The predicted molar refractivity (Wildman–Crippen MR) is 107 cm³/mol. The number of carbonyl (C=O) groups is 1. The molecule has 1 aliphatic rings. The summed E-state index contributed by atoms with van der Waals surface area (Å²) in [6.07, 6.45) is 0.444. The molecule has 148 valence electrons. The molecule has 10 heteroatoms. The molecule has 3 rings (SSSR count). The molecule has 2 aromatic carbocycles. The summed E-state index contributed by atoms with van der Waals surface area (Å²) in [5, 5.41) is 11.3. The van der Waals surface area contributed by atoms with Crippen LogP contribution in [0.5, 0.6) is 0 Å². The van der Waals surface area contributed by atoms with Crippen LogP contribution in [-0.2, 0) is 10.0 Å². The Morgan fingerprint density at radius 2 is 1.75 bits per heavy atom. The van der Waals surface area contributed by atoms with E-state index in [2.05, 4.69) is 15.9 Å². The van der Waals surface area contributed by atoms with Crippen molar-refractivity contribution in [2.45, 2.75) is 11.3 Å². The summed E-state index contributed by atoms with van der Waals surface area (Å²) in [5.41, 5.74) is 0.0751. The summed E-state index contributed by atoms with van der Waals surface area (Å²) < 4.78 is 27.8. The number of benzene rings is 2. The summed E-state index contributed by atoms with van der Waals surface area (Å²) >= 11 is 3.17. The van der Waals surface area contributed by atoms with Crippen molar-refractivity contribution >= 4 is 37.5 Å². The van der Waals surface area contributed by atoms with Gasteiger partial charge in [-0.1, -0.05) is 34.1 Å². The van der Waals surface area contributed by atoms with Gasteiger partial charge in [-0.3, -0.25) is 14.9 Å². The molecule has 1 fully saturated rings. The maximum Gasteiger partial charge on any atom is 0.289 e. The van der Waals surface area contributed by atoms with Gasteiger partial charge in [0.15, 0.2) is 4.90 Å². The molecule has 0 N–H and O–H groups in total. The lowest BCUT2D eigenvalue weighted by Crippen LogP contribution is -2.37. The van der Waals surface area contributed by atoms with Gasteiger partial charge in [-0.15, -0.1) is 0 Å². The molecule has 1 heterocycles. The first-order chi connectivity index (χ1) is 13.3. The van der Waals surface area contributed by atoms with E-state index < -0.39 is 20.6 Å². The number of nitrogens with zero attached hydrogens (tertiary/aromatic N) is 3. The third kappa shape index (κ3) is 4.23. The van der Waals surface area contributed by atoms with Gasteiger partial charge < -0.3 is 4.90 Å². The number of sulfonamides is 1. The molecule has 1 aliphatic heterocycles. The molecule has 0 spiro atoms. The van der Waals surface area contributed by atoms with Crippen molar-refractivity contribution < 1.29 is 18.1 Å². The number of rotatable bonds is 4. The van der Waals surface area contributed by atoms with Crippen LogP contribution in [0.15, 0.2) is 57.9 Å². The fourth-order valence-corrected chi connectivity index (χ4v) is 5.25. The summed E-state index contributed by atoms with van der Waals surface area (Å²) in [6.45, 7) is 0.893. The largest absolute Gasteiger partial charge is 0.337 e. The molecular formula is C18H18BrN3O5S. The van der Waals surface area contributed by atoms with Crippen LogP contribution in [-0.4, -0.2) is 54.6 Å². The second-order valence-corrected chi connectivity index (χ2v) is 9.11. The number of amides is 1. The average Bonchev–Trinajstić information content (AvgIpc) is 2.94. The van der Waals surface area contributed by atoms with E-state index >= 15 is 0 Å². The quantitative estimate of drug-likeness (QED) is 0.508. The van der Waals surface area contributed by atoms with Crippen LogP contribution < -0.4 is 0 Å². The van der Waals surface area contributed by atoms with Crippen LogP contribution >= 0.6 is 15.9 Å². The number of halogens is 1. The van der Waals surface area contributed by atoms with Crippen molar-refractivity contribution in [3.05, 3.63) is 68.7 Å². The third-order valence-corrected chi connectivity index (χ3v) is 6.92. The second kappa shape index (κ2) is 8.38. The Balaban J connectivity index is 1.83. The van der Waals surface area contributed by atoms with E-state index in [-0.39, 0.29) is 30.4 Å². The highest BCUT2D eigenvalue weighted by atomic mass is 79.9. The molecule has 0 unspecified atom stereocenters. The highest BCUT2D eigenvalue weighted by Crippen LogP contribution is 2.30. The van der Waals surface area contributed by atoms with E-state index in [1.54, 1.807) is 29.2 Å². The Kier molecular flexibility index (Phi) is 6.11. The van der Waals surface area contributed by atoms with Gasteiger partial charge in [-0.05, 0) is 30.7 Å². The number of nitro groups is 1. The molecule has 1 amide bonds. The van der Waals surface area contributed by atoms with Gasteiger partial charge in [-0.2, -0.15) is 4.31 Å². The van der Waals surface area contributed by atoms with Crippen molar-refractivity contribution in [2.24, 2.45) is 0 Å². The molecule has 8 nitrogen and oxygen atoms in total. The highest BCUT2D eigenvalue weighted by Gasteiger charge is 2.33. The second-order valence-electron chi connectivity index (χ2n) is 6.29. The topological polar surface area (TPSA) is 101 Å². The molecule has 0 saturated carbocycles. The van der Waals surface area contributed by atoms with Gasteiger partial charge in [0.1, 0.15) is 0 Å². The first-order valence-corrected chi connectivity index (χ1v) is 10.8. The zero-order valence-corrected chi connectivity index (χ0v) is 17.2. The zero-order valence-electron chi connectivity index (χ0n) is 14.8. The Bertz CT molecular complexity index is 998. The summed E-state index contributed by atoms with van der Waals surface area (Å²) in [7, 11) is -4.07. The summed E-state index contributed by atoms with van der Waals surface area (Å²) in [5.74, 6) is -0.159. The minimum Gasteiger partial charge on any atom is -0.337 e. The summed E-state index contributed by atoms with van der Waals surface area (Å²) in [4.78, 5) is 24.5. The molecular weight excluding hydrogens is 450 g/mol. The maximum absolute atomic E-state index is 13.1. The van der Waals surface area contributed by atoms with E-state index in [4.69, 9.17) is 0 Å². The molecule has 0 aliphatic carbocycles. The lowest BCUT2D eigenvalue weighted by Gasteiger charge is -2.22. The monoisotopic (exact) mass is 467 g/mol. The smallest absolute Gasteiger partial charge is 0.289 e. The van der Waals surface area contributed by atoms with E-state index in [1.165, 1.54) is 22.5 Å². The normalized spacial score (nSPS) is 15.8. The Labute approximate surface area is 171 Å². The fraction of sp³-hybridized carbons (Fsp3) is 0.278. The van der Waals surface area contributed by atoms with Gasteiger partial charge in [-0.25, -0.2) is 8.42 Å². The molecule has 28 heavy (non-hydrogen) atoms. The van der Waals surface area contributed by atoms with Gasteiger partial charge in [0, 0.05) is 42.3 Å². The zero-order chi connectivity index (χ0) is 20.3. The van der Waals surface area contributed by atoms with Gasteiger partial charge in [0.05, 0.1) is 4.92 Å². The Morgan fingerprint density at radius 3 is 2.43 bits per heavy atom. The molecule has 1 saturated heterocycles. The lowest BCUT2D eigenvalue weighted by molar-refractivity contribution is -0.387. The molecule has 0 bridgehead atoms. The Hall–Kier alpha value is -2.30. The first-order valence-electron chi connectivity index (χ1n) is 8.59. The standard InChI is InChI=1S/C18H18BrN3O5S/c19-15-7-8-16(22(24)25)17(13-15)28(26,27)21-10-4-9-20(11-12-21)18(23)14-5-2-1-3-6-14/h1-3,5-8,13H,4,9-12H2. The van der Waals surface area contributed by atoms with Gasteiger partial charge in [0.25, 0.3) is 11.6 Å². The van der Waals surface area contributed by atoms with Crippen molar-refractivity contribution in [1.29, 1.82) is 0 Å². The van der Waals surface area contributed by atoms with Crippen LogP contribution in [0.4, 0.5) is 5.69 Å². The van der Waals surface area contributed by atoms with Gasteiger partial charge >= 0.3 is 0 Å². The van der Waals surface area contributed by atoms with Crippen LogP contribution in [0.2, 0.25) is 0 Å². The van der Waals surface area contributed by atoms with Crippen molar-refractivity contribution in [1.82, 2.24) is 9.21 Å². The number of nitro benzene ring substituents is 1. The van der Waals surface area contributed by atoms with Crippen LogP contribution in [0.1, 0.15) is 16.8 Å². The van der Waals surface area contributed by atoms with E-state index in [0.717, 1.165) is 0 Å². The van der Waals surface area contributed by atoms with Crippen molar-refractivity contribution in [3.63, 3.8) is 0 Å². The molecule has 0 radical (unpaired) electrons. The average molecular weight is 468 g/mol. The first kappa shape index (κ1) is 20.4. The predicted octanol–water partition coefficient (Wildman–Crippen LogP) is 2.89. The van der Waals surface area contributed by atoms with Gasteiger partial charge in [0.2, 0.25) is 10.0 Å². The molecule has 0 aromatic heterocycles. The van der Waals surface area contributed by atoms with Crippen LogP contribution in [0, 0.1) is 10.1 Å². The maximum atomic E-state index is 13.1. The Morgan fingerprint density at radius 1 is 1.04 bits per heavy atom. The minimum absolute atomic E-state index is 0.0740. The van der Waals surface area contributed by atoms with E-state index in [0.29, 0.717) is 23.0 Å². The minimum atomic E-state index is -4.07. The van der Waals surface area contributed by atoms with Crippen molar-refractivity contribution in [3.8, 4) is 0 Å². The number of hydrogen-bond donors (Lipinski definition) is 0. The van der Waals surface area contributed by atoms with E-state index in [9.17, 15) is 23.3 Å². The SMILES string of the molecule is O=C(c1ccccc1)N1CCCN(S(=O)(=O)c2cc(Br)ccc2[N+](=O)[O-])CC1. The molecule has 0 atom stereocenters. The molecule has 2 aromatic rings. The lowest BCUT2D eigenvalue weighted by atomic mass is 10.2. The number of carbonyl (C=O) groups excluding carboxylic acids is 1. The summed E-state index contributed by atoms with van der Waals surface area (Å²) in [6, 6.07) is 12.6. The van der Waals surface area contributed by atoms with Crippen LogP contribution in [0.3, 0.4) is 0 Å². The highest BCUT2D eigenvalue weighted by molar-refractivity contribution is 9.10. The van der Waals surface area contributed by atoms with Crippen LogP contribution in [0.25, 0.3) is 0 Å².